The normalized spacial score (nSPS) is 19.4. The lowest BCUT2D eigenvalue weighted by Gasteiger charge is -2.26. The highest BCUT2D eigenvalue weighted by molar-refractivity contribution is 7.15. The Morgan fingerprint density at radius 1 is 0.966 bits per heavy atom. The molecule has 2 aliphatic rings. The number of carbonyl (C=O) groups excluding carboxylic acids is 2. The van der Waals surface area contributed by atoms with Crippen molar-refractivity contribution < 1.29 is 9.59 Å². The molecule has 0 saturated heterocycles. The van der Waals surface area contributed by atoms with Gasteiger partial charge in [0.05, 0.1) is 6.04 Å². The van der Waals surface area contributed by atoms with E-state index in [2.05, 4.69) is 33.0 Å². The molecule has 1 fully saturated rings. The second-order valence-electron chi connectivity index (χ2n) is 8.04. The number of nitrogens with zero attached hydrogens (tertiary/aromatic N) is 2. The number of fused-ring (bicyclic) bond motifs is 1. The number of hydrogen-bond acceptors (Lipinski definition) is 5. The standard InChI is InChI=1S/C22H28N4O2S/c27-19(23-18-12-6-10-15-7-4-5-11-17(15)18)13-14-20(28)24-22-26-25-21(29-22)16-8-2-1-3-9-16/h4-5,7,11,16,18H,1-3,6,8-10,12-14H2,(H,23,27)(H,24,26,28). The van der Waals surface area contributed by atoms with Gasteiger partial charge in [-0.3, -0.25) is 9.59 Å². The van der Waals surface area contributed by atoms with Crippen LogP contribution in [0.2, 0.25) is 0 Å². The summed E-state index contributed by atoms with van der Waals surface area (Å²) in [6.07, 6.45) is 9.52. The molecule has 0 bridgehead atoms. The van der Waals surface area contributed by atoms with Crippen LogP contribution in [-0.2, 0) is 16.0 Å². The van der Waals surface area contributed by atoms with Crippen molar-refractivity contribution >= 4 is 28.3 Å². The van der Waals surface area contributed by atoms with Crippen LogP contribution < -0.4 is 10.6 Å². The molecular formula is C22H28N4O2S. The Morgan fingerprint density at radius 3 is 2.62 bits per heavy atom. The Hall–Kier alpha value is -2.28. The van der Waals surface area contributed by atoms with Crippen molar-refractivity contribution in [2.45, 2.75) is 76.2 Å². The Balaban J connectivity index is 1.24. The van der Waals surface area contributed by atoms with Crippen molar-refractivity contribution in [3.8, 4) is 0 Å². The van der Waals surface area contributed by atoms with Crippen LogP contribution in [0, 0.1) is 0 Å². The number of nitrogens with one attached hydrogen (secondary N) is 2. The molecule has 1 unspecified atom stereocenters. The van der Waals surface area contributed by atoms with Gasteiger partial charge in [0, 0.05) is 18.8 Å². The highest BCUT2D eigenvalue weighted by Gasteiger charge is 2.22. The molecule has 154 valence electrons. The van der Waals surface area contributed by atoms with Gasteiger partial charge in [-0.15, -0.1) is 10.2 Å². The van der Waals surface area contributed by atoms with Gasteiger partial charge in [-0.05, 0) is 43.2 Å². The highest BCUT2D eigenvalue weighted by atomic mass is 32.1. The fraction of sp³-hybridized carbons (Fsp3) is 0.545. The Bertz CT molecular complexity index is 860. The first kappa shape index (κ1) is 20.0. The lowest BCUT2D eigenvalue weighted by atomic mass is 9.87. The first-order valence-corrected chi connectivity index (χ1v) is 11.5. The second kappa shape index (κ2) is 9.48. The van der Waals surface area contributed by atoms with Gasteiger partial charge in [0.15, 0.2) is 0 Å². The third kappa shape index (κ3) is 5.21. The zero-order valence-corrected chi connectivity index (χ0v) is 17.5. The lowest BCUT2D eigenvalue weighted by Crippen LogP contribution is -2.31. The molecule has 0 spiro atoms. The molecule has 2 amide bonds. The summed E-state index contributed by atoms with van der Waals surface area (Å²) in [6.45, 7) is 0. The summed E-state index contributed by atoms with van der Waals surface area (Å²) in [6, 6.07) is 8.33. The lowest BCUT2D eigenvalue weighted by molar-refractivity contribution is -0.125. The van der Waals surface area contributed by atoms with Gasteiger partial charge in [0.25, 0.3) is 0 Å². The van der Waals surface area contributed by atoms with Gasteiger partial charge in [-0.2, -0.15) is 0 Å². The van der Waals surface area contributed by atoms with E-state index in [0.717, 1.165) is 37.1 Å². The van der Waals surface area contributed by atoms with E-state index in [0.29, 0.717) is 11.0 Å². The molecule has 7 heteroatoms. The first-order chi connectivity index (χ1) is 14.2. The highest BCUT2D eigenvalue weighted by Crippen LogP contribution is 2.35. The SMILES string of the molecule is O=C(CCC(=O)NC1CCCc2ccccc21)Nc1nnc(C2CCCCC2)s1. The zero-order chi connectivity index (χ0) is 20.1. The fourth-order valence-corrected chi connectivity index (χ4v) is 5.31. The van der Waals surface area contributed by atoms with Crippen LogP contribution in [0.1, 0.15) is 85.9 Å². The summed E-state index contributed by atoms with van der Waals surface area (Å²) < 4.78 is 0. The third-order valence-electron chi connectivity index (χ3n) is 5.93. The first-order valence-electron chi connectivity index (χ1n) is 10.7. The smallest absolute Gasteiger partial charge is 0.226 e. The molecular weight excluding hydrogens is 384 g/mol. The predicted octanol–water partition coefficient (Wildman–Crippen LogP) is 4.50. The van der Waals surface area contributed by atoms with Crippen LogP contribution in [0.4, 0.5) is 5.13 Å². The molecule has 2 aromatic rings. The Kier molecular flexibility index (Phi) is 6.54. The Morgan fingerprint density at radius 2 is 1.76 bits per heavy atom. The molecule has 2 N–H and O–H groups in total. The molecule has 2 aliphatic carbocycles. The maximum atomic E-state index is 12.4. The quantitative estimate of drug-likeness (QED) is 0.732. The average molecular weight is 413 g/mol. The van der Waals surface area contributed by atoms with E-state index in [1.54, 1.807) is 0 Å². The molecule has 0 radical (unpaired) electrons. The van der Waals surface area contributed by atoms with Gasteiger partial charge in [0.2, 0.25) is 16.9 Å². The van der Waals surface area contributed by atoms with E-state index < -0.39 is 0 Å². The largest absolute Gasteiger partial charge is 0.349 e. The van der Waals surface area contributed by atoms with Crippen LogP contribution >= 0.6 is 11.3 Å². The van der Waals surface area contributed by atoms with Crippen molar-refractivity contribution in [3.63, 3.8) is 0 Å². The van der Waals surface area contributed by atoms with E-state index in [1.165, 1.54) is 41.7 Å². The van der Waals surface area contributed by atoms with E-state index in [9.17, 15) is 9.59 Å². The summed E-state index contributed by atoms with van der Waals surface area (Å²) >= 11 is 1.47. The zero-order valence-electron chi connectivity index (χ0n) is 16.7. The van der Waals surface area contributed by atoms with Crippen LogP contribution in [0.5, 0.6) is 0 Å². The molecule has 0 aliphatic heterocycles. The van der Waals surface area contributed by atoms with Crippen molar-refractivity contribution in [3.05, 3.63) is 40.4 Å². The van der Waals surface area contributed by atoms with E-state index in [1.807, 2.05) is 12.1 Å². The van der Waals surface area contributed by atoms with Crippen molar-refractivity contribution in [1.29, 1.82) is 0 Å². The van der Waals surface area contributed by atoms with Crippen molar-refractivity contribution in [2.75, 3.05) is 5.32 Å². The molecule has 1 aromatic carbocycles. The fourth-order valence-electron chi connectivity index (χ4n) is 4.38. The number of anilines is 1. The predicted molar refractivity (Wildman–Crippen MR) is 114 cm³/mol. The maximum Gasteiger partial charge on any atom is 0.226 e. The Labute approximate surface area is 175 Å². The number of rotatable bonds is 6. The van der Waals surface area contributed by atoms with Gasteiger partial charge >= 0.3 is 0 Å². The minimum atomic E-state index is -0.185. The molecule has 1 heterocycles. The summed E-state index contributed by atoms with van der Waals surface area (Å²) in [5.74, 6) is 0.216. The van der Waals surface area contributed by atoms with E-state index in [-0.39, 0.29) is 30.7 Å². The van der Waals surface area contributed by atoms with Crippen molar-refractivity contribution in [2.24, 2.45) is 0 Å². The monoisotopic (exact) mass is 412 g/mol. The summed E-state index contributed by atoms with van der Waals surface area (Å²) in [4.78, 5) is 24.6. The molecule has 4 rings (SSSR count). The number of carbonyl (C=O) groups is 2. The molecule has 1 saturated carbocycles. The molecule has 1 aromatic heterocycles. The molecule has 29 heavy (non-hydrogen) atoms. The van der Waals surface area contributed by atoms with E-state index >= 15 is 0 Å². The van der Waals surface area contributed by atoms with E-state index in [4.69, 9.17) is 0 Å². The van der Waals surface area contributed by atoms with Crippen LogP contribution in [-0.4, -0.2) is 22.0 Å². The minimum Gasteiger partial charge on any atom is -0.349 e. The van der Waals surface area contributed by atoms with Gasteiger partial charge < -0.3 is 10.6 Å². The van der Waals surface area contributed by atoms with Crippen molar-refractivity contribution in [1.82, 2.24) is 15.5 Å². The summed E-state index contributed by atoms with van der Waals surface area (Å²) in [7, 11) is 0. The maximum absolute atomic E-state index is 12.4. The topological polar surface area (TPSA) is 84.0 Å². The number of aromatic nitrogens is 2. The number of hydrogen-bond donors (Lipinski definition) is 2. The van der Waals surface area contributed by atoms with Gasteiger partial charge in [0.1, 0.15) is 5.01 Å². The number of aryl methyl sites for hydroxylation is 1. The van der Waals surface area contributed by atoms with Crippen LogP contribution in [0.3, 0.4) is 0 Å². The summed E-state index contributed by atoms with van der Waals surface area (Å²) in [5, 5.41) is 15.8. The number of benzene rings is 1. The summed E-state index contributed by atoms with van der Waals surface area (Å²) in [5.41, 5.74) is 2.52. The number of amides is 2. The van der Waals surface area contributed by atoms with Crippen LogP contribution in [0.25, 0.3) is 0 Å². The average Bonchev–Trinajstić information content (AvgIpc) is 3.22. The third-order valence-corrected chi connectivity index (χ3v) is 6.93. The van der Waals surface area contributed by atoms with Gasteiger partial charge in [-0.1, -0.05) is 54.9 Å². The van der Waals surface area contributed by atoms with Gasteiger partial charge in [-0.25, -0.2) is 0 Å². The second-order valence-corrected chi connectivity index (χ2v) is 9.05. The molecule has 6 nitrogen and oxygen atoms in total. The molecule has 1 atom stereocenters. The van der Waals surface area contributed by atoms with Crippen LogP contribution in [0.15, 0.2) is 24.3 Å². The minimum absolute atomic E-state index is 0.0525.